The average molecular weight is 467 g/mol. The van der Waals surface area contributed by atoms with Crippen molar-refractivity contribution in [2.24, 2.45) is 11.1 Å². The first-order valence-corrected chi connectivity index (χ1v) is 11.1. The highest BCUT2D eigenvalue weighted by atomic mass is 16.6. The van der Waals surface area contributed by atoms with Crippen molar-refractivity contribution in [2.45, 2.75) is 91.0 Å². The van der Waals surface area contributed by atoms with Gasteiger partial charge in [0.2, 0.25) is 17.6 Å². The van der Waals surface area contributed by atoms with Gasteiger partial charge in [-0.2, -0.15) is 0 Å². The van der Waals surface area contributed by atoms with E-state index >= 15 is 0 Å². The third-order valence-electron chi connectivity index (χ3n) is 5.15. The van der Waals surface area contributed by atoms with Gasteiger partial charge in [0, 0.05) is 6.54 Å². The van der Waals surface area contributed by atoms with Gasteiger partial charge in [-0.1, -0.05) is 26.8 Å². The Balaban J connectivity index is 3.04. The standard InChI is InChI=1S/C23H38N4O6/c1-8-9-11-14(16(28)18(24)29)25-19(30)15-12-10-13-27(15)20(31)17(22(2,3)4)26-21(32)33-23(5,6)7/h8,14-15,17H,1,9-13H2,2-7H3,(H2,24,29)(H,25,30)(H,26,32)/t14?,15-,17?/m0/s1. The molecule has 10 heteroatoms. The second-order valence-electron chi connectivity index (χ2n) is 10.3. The van der Waals surface area contributed by atoms with E-state index in [1.165, 1.54) is 4.90 Å². The number of nitrogens with two attached hydrogens (primary N) is 1. The van der Waals surface area contributed by atoms with E-state index in [2.05, 4.69) is 17.2 Å². The summed E-state index contributed by atoms with van der Waals surface area (Å²) in [6.45, 7) is 14.5. The van der Waals surface area contributed by atoms with Gasteiger partial charge in [0.25, 0.3) is 5.91 Å². The second kappa shape index (κ2) is 11.3. The summed E-state index contributed by atoms with van der Waals surface area (Å²) < 4.78 is 5.30. The number of ketones is 1. The third-order valence-corrected chi connectivity index (χ3v) is 5.15. The van der Waals surface area contributed by atoms with Crippen LogP contribution in [0, 0.1) is 5.41 Å². The maximum atomic E-state index is 13.4. The summed E-state index contributed by atoms with van der Waals surface area (Å²) in [7, 11) is 0. The lowest BCUT2D eigenvalue weighted by molar-refractivity contribution is -0.143. The number of nitrogens with one attached hydrogen (secondary N) is 2. The van der Waals surface area contributed by atoms with E-state index in [9.17, 15) is 24.0 Å². The summed E-state index contributed by atoms with van der Waals surface area (Å²) in [5.74, 6) is -3.01. The predicted octanol–water partition coefficient (Wildman–Crippen LogP) is 1.42. The van der Waals surface area contributed by atoms with Crippen molar-refractivity contribution in [3.05, 3.63) is 12.7 Å². The maximum Gasteiger partial charge on any atom is 0.408 e. The lowest BCUT2D eigenvalue weighted by atomic mass is 9.85. The molecule has 0 radical (unpaired) electrons. The van der Waals surface area contributed by atoms with Crippen molar-refractivity contribution in [1.29, 1.82) is 0 Å². The van der Waals surface area contributed by atoms with E-state index < -0.39 is 58.7 Å². The number of rotatable bonds is 9. The average Bonchev–Trinajstić information content (AvgIpc) is 3.15. The first-order valence-electron chi connectivity index (χ1n) is 11.1. The number of nitrogens with zero attached hydrogens (tertiary/aromatic N) is 1. The van der Waals surface area contributed by atoms with Crippen molar-refractivity contribution < 1.29 is 28.7 Å². The molecule has 33 heavy (non-hydrogen) atoms. The lowest BCUT2D eigenvalue weighted by Crippen LogP contribution is -2.59. The number of allylic oxidation sites excluding steroid dienone is 1. The zero-order chi connectivity index (χ0) is 25.6. The van der Waals surface area contributed by atoms with E-state index in [0.29, 0.717) is 25.8 Å². The van der Waals surface area contributed by atoms with Crippen LogP contribution >= 0.6 is 0 Å². The summed E-state index contributed by atoms with van der Waals surface area (Å²) in [5, 5.41) is 5.21. The fraction of sp³-hybridized carbons (Fsp3) is 0.696. The molecular formula is C23H38N4O6. The predicted molar refractivity (Wildman–Crippen MR) is 123 cm³/mol. The molecule has 2 unspecified atom stereocenters. The number of likely N-dealkylation sites (tertiary alicyclic amines) is 1. The molecule has 0 aromatic heterocycles. The highest BCUT2D eigenvalue weighted by Gasteiger charge is 2.43. The Morgan fingerprint density at radius 2 is 1.73 bits per heavy atom. The van der Waals surface area contributed by atoms with E-state index in [-0.39, 0.29) is 6.42 Å². The fourth-order valence-corrected chi connectivity index (χ4v) is 3.54. The minimum Gasteiger partial charge on any atom is -0.444 e. The Labute approximate surface area is 195 Å². The number of primary amides is 1. The van der Waals surface area contributed by atoms with Crippen LogP contribution in [-0.4, -0.2) is 64.8 Å². The van der Waals surface area contributed by atoms with Crippen LogP contribution in [0.15, 0.2) is 12.7 Å². The largest absolute Gasteiger partial charge is 0.444 e. The van der Waals surface area contributed by atoms with Gasteiger partial charge < -0.3 is 26.0 Å². The van der Waals surface area contributed by atoms with Crippen LogP contribution in [0.2, 0.25) is 0 Å². The molecule has 0 aromatic rings. The number of carbonyl (C=O) groups excluding carboxylic acids is 5. The Hall–Kier alpha value is -2.91. The third kappa shape index (κ3) is 8.51. The number of carbonyl (C=O) groups is 5. The van der Waals surface area contributed by atoms with Crippen LogP contribution in [0.3, 0.4) is 0 Å². The topological polar surface area (TPSA) is 148 Å². The fourth-order valence-electron chi connectivity index (χ4n) is 3.54. The first-order chi connectivity index (χ1) is 15.1. The minimum atomic E-state index is -1.14. The van der Waals surface area contributed by atoms with Crippen molar-refractivity contribution >= 4 is 29.6 Å². The number of amides is 4. The molecule has 0 spiro atoms. The van der Waals surface area contributed by atoms with Crippen molar-refractivity contribution in [3.63, 3.8) is 0 Å². The molecule has 1 fully saturated rings. The van der Waals surface area contributed by atoms with Gasteiger partial charge in [-0.25, -0.2) is 4.79 Å². The smallest absolute Gasteiger partial charge is 0.408 e. The molecule has 186 valence electrons. The molecule has 1 aliphatic rings. The summed E-state index contributed by atoms with van der Waals surface area (Å²) >= 11 is 0. The van der Waals surface area contributed by atoms with Gasteiger partial charge >= 0.3 is 6.09 Å². The minimum absolute atomic E-state index is 0.169. The van der Waals surface area contributed by atoms with Gasteiger partial charge in [0.05, 0.1) is 6.04 Å². The summed E-state index contributed by atoms with van der Waals surface area (Å²) in [4.78, 5) is 63.7. The van der Waals surface area contributed by atoms with Crippen LogP contribution < -0.4 is 16.4 Å². The molecule has 3 atom stereocenters. The van der Waals surface area contributed by atoms with Crippen molar-refractivity contribution in [3.8, 4) is 0 Å². The van der Waals surface area contributed by atoms with Gasteiger partial charge in [-0.15, -0.1) is 6.58 Å². The lowest BCUT2D eigenvalue weighted by Gasteiger charge is -2.36. The van der Waals surface area contributed by atoms with Crippen LogP contribution in [0.1, 0.15) is 67.2 Å². The van der Waals surface area contributed by atoms with Gasteiger partial charge in [-0.3, -0.25) is 19.2 Å². The number of Topliss-reactive ketones (excluding diaryl/α,β-unsaturated/α-hetero) is 1. The van der Waals surface area contributed by atoms with Gasteiger partial charge in [0.1, 0.15) is 17.7 Å². The number of alkyl carbamates (subject to hydrolysis) is 1. The zero-order valence-electron chi connectivity index (χ0n) is 20.5. The number of hydrogen-bond acceptors (Lipinski definition) is 6. The zero-order valence-corrected chi connectivity index (χ0v) is 20.5. The Morgan fingerprint density at radius 3 is 2.21 bits per heavy atom. The van der Waals surface area contributed by atoms with E-state index in [1.54, 1.807) is 47.6 Å². The SMILES string of the molecule is C=CCCC(NC(=O)[C@@H]1CCCN1C(=O)C(NC(=O)OC(C)(C)C)C(C)(C)C)C(=O)C(N)=O. The van der Waals surface area contributed by atoms with E-state index in [4.69, 9.17) is 10.5 Å². The van der Waals surface area contributed by atoms with Gasteiger partial charge in [0.15, 0.2) is 0 Å². The maximum absolute atomic E-state index is 13.4. The van der Waals surface area contributed by atoms with E-state index in [0.717, 1.165) is 0 Å². The molecule has 0 aromatic carbocycles. The van der Waals surface area contributed by atoms with E-state index in [1.807, 2.05) is 0 Å². The van der Waals surface area contributed by atoms with Crippen LogP contribution in [0.5, 0.6) is 0 Å². The van der Waals surface area contributed by atoms with Crippen LogP contribution in [0.4, 0.5) is 4.79 Å². The quantitative estimate of drug-likeness (QED) is 0.346. The molecule has 0 aliphatic carbocycles. The highest BCUT2D eigenvalue weighted by Crippen LogP contribution is 2.26. The molecule has 0 bridgehead atoms. The van der Waals surface area contributed by atoms with Gasteiger partial charge in [-0.05, 0) is 51.9 Å². The molecule has 4 amide bonds. The molecule has 1 aliphatic heterocycles. The molecule has 0 saturated carbocycles. The molecule has 10 nitrogen and oxygen atoms in total. The molecule has 1 rings (SSSR count). The van der Waals surface area contributed by atoms with Crippen molar-refractivity contribution in [1.82, 2.24) is 15.5 Å². The second-order valence-corrected chi connectivity index (χ2v) is 10.3. The summed E-state index contributed by atoms with van der Waals surface area (Å²) in [6, 6.07) is -2.87. The van der Waals surface area contributed by atoms with Crippen LogP contribution in [-0.2, 0) is 23.9 Å². The van der Waals surface area contributed by atoms with Crippen molar-refractivity contribution in [2.75, 3.05) is 6.54 Å². The Morgan fingerprint density at radius 1 is 1.12 bits per heavy atom. The Bertz CT molecular complexity index is 781. The monoisotopic (exact) mass is 466 g/mol. The summed E-state index contributed by atoms with van der Waals surface area (Å²) in [6.07, 6.45) is 2.36. The molecule has 1 saturated heterocycles. The normalized spacial score (nSPS) is 18.1. The summed E-state index contributed by atoms with van der Waals surface area (Å²) in [5.41, 5.74) is 3.71. The number of hydrogen-bond donors (Lipinski definition) is 3. The first kappa shape index (κ1) is 28.1. The number of ether oxygens (including phenoxy) is 1. The molecule has 1 heterocycles. The van der Waals surface area contributed by atoms with Crippen LogP contribution in [0.25, 0.3) is 0 Å². The molecular weight excluding hydrogens is 428 g/mol. The Kier molecular flexibility index (Phi) is 9.62. The molecule has 4 N–H and O–H groups in total. The highest BCUT2D eigenvalue weighted by molar-refractivity contribution is 6.37.